The van der Waals surface area contributed by atoms with Gasteiger partial charge in [0.1, 0.15) is 12.4 Å². The van der Waals surface area contributed by atoms with Gasteiger partial charge in [0.15, 0.2) is 0 Å². The van der Waals surface area contributed by atoms with Gasteiger partial charge < -0.3 is 18.9 Å². The van der Waals surface area contributed by atoms with E-state index in [9.17, 15) is 4.79 Å². The summed E-state index contributed by atoms with van der Waals surface area (Å²) in [6, 6.07) is 26.7. The van der Waals surface area contributed by atoms with Gasteiger partial charge in [-0.15, -0.1) is 30.3 Å². The van der Waals surface area contributed by atoms with Gasteiger partial charge in [-0.1, -0.05) is 24.6 Å². The molecule has 0 saturated carbocycles. The van der Waals surface area contributed by atoms with Crippen LogP contribution in [0, 0.1) is 19.1 Å². The Morgan fingerprint density at radius 2 is 1.54 bits per heavy atom. The smallest absolute Gasteiger partial charge is 0.519 e. The standard InChI is InChI=1S/C15H15O2.C10H11O3.C4H8.K/c1-12-5-3-4-6-15(12)17-11-13-7-9-14(16-2)10-8-13;11-9-12-7-4-8-13-10-5-2-1-3-6-10;1-4(2)3;/h4-10H,11H2,1-2H3;2-3,5-6,9H,4,7-8H2;1H2,2-3H3;/q2*-1;;+1. The molecule has 182 valence electrons. The van der Waals surface area contributed by atoms with Crippen molar-refractivity contribution in [1.82, 2.24) is 0 Å². The summed E-state index contributed by atoms with van der Waals surface area (Å²) in [5, 5.41) is 0. The van der Waals surface area contributed by atoms with Gasteiger partial charge in [-0.3, -0.25) is 4.79 Å². The largest absolute Gasteiger partial charge is 1.00 e. The summed E-state index contributed by atoms with van der Waals surface area (Å²) in [7, 11) is 1.66. The van der Waals surface area contributed by atoms with E-state index in [4.69, 9.17) is 14.2 Å². The number of ether oxygens (including phenoxy) is 4. The second kappa shape index (κ2) is 21.2. The van der Waals surface area contributed by atoms with Crippen molar-refractivity contribution in [1.29, 1.82) is 0 Å². The Kier molecular flexibility index (Phi) is 19.9. The van der Waals surface area contributed by atoms with Gasteiger partial charge in [-0.25, -0.2) is 0 Å². The van der Waals surface area contributed by atoms with E-state index in [2.05, 4.69) is 23.4 Å². The summed E-state index contributed by atoms with van der Waals surface area (Å²) in [5.74, 6) is 2.57. The molecule has 0 aliphatic heterocycles. The predicted octanol–water partition coefficient (Wildman–Crippen LogP) is 3.40. The molecular formula is C29H34KO5-. The molecule has 35 heavy (non-hydrogen) atoms. The molecule has 0 atom stereocenters. The fourth-order valence-corrected chi connectivity index (χ4v) is 2.39. The van der Waals surface area contributed by atoms with Gasteiger partial charge >= 0.3 is 51.4 Å². The van der Waals surface area contributed by atoms with Crippen molar-refractivity contribution in [2.24, 2.45) is 0 Å². The van der Waals surface area contributed by atoms with Gasteiger partial charge in [0, 0.05) is 17.9 Å². The van der Waals surface area contributed by atoms with E-state index in [1.807, 2.05) is 75.4 Å². The van der Waals surface area contributed by atoms with Crippen LogP contribution < -0.4 is 65.6 Å². The number of aryl methyl sites for hydroxylation is 1. The van der Waals surface area contributed by atoms with E-state index in [0.29, 0.717) is 32.7 Å². The number of methoxy groups -OCH3 is 1. The first-order valence-electron chi connectivity index (χ1n) is 10.9. The van der Waals surface area contributed by atoms with E-state index in [0.717, 1.165) is 28.4 Å². The van der Waals surface area contributed by atoms with Gasteiger partial charge in [-0.2, -0.15) is 36.4 Å². The number of allylic oxidation sites excluding steroid dienone is 1. The Labute approximate surface area is 252 Å². The number of rotatable bonds is 10. The van der Waals surface area contributed by atoms with Crippen LogP contribution in [0.1, 0.15) is 31.4 Å². The summed E-state index contributed by atoms with van der Waals surface area (Å²) in [6.45, 7) is 11.5. The molecule has 0 bridgehead atoms. The van der Waals surface area contributed by atoms with E-state index >= 15 is 0 Å². The fraction of sp³-hybridized carbons (Fsp3) is 0.276. The zero-order valence-corrected chi connectivity index (χ0v) is 24.6. The van der Waals surface area contributed by atoms with Crippen LogP contribution in [0.25, 0.3) is 0 Å². The molecule has 0 spiro atoms. The molecule has 0 N–H and O–H groups in total. The number of hydrogen-bond donors (Lipinski definition) is 0. The monoisotopic (exact) mass is 501 g/mol. The third kappa shape index (κ3) is 17.1. The zero-order chi connectivity index (χ0) is 25.0. The van der Waals surface area contributed by atoms with Crippen molar-refractivity contribution < 1.29 is 75.1 Å². The number of benzene rings is 3. The Balaban J connectivity index is 0.000000574. The van der Waals surface area contributed by atoms with E-state index in [-0.39, 0.29) is 51.4 Å². The van der Waals surface area contributed by atoms with Crippen LogP contribution >= 0.6 is 0 Å². The first-order valence-corrected chi connectivity index (χ1v) is 10.9. The molecule has 0 aromatic heterocycles. The first kappa shape index (κ1) is 32.9. The Bertz CT molecular complexity index is 939. The fourth-order valence-electron chi connectivity index (χ4n) is 2.39. The molecule has 0 aliphatic rings. The van der Waals surface area contributed by atoms with Crippen LogP contribution in [0.15, 0.2) is 78.9 Å². The Morgan fingerprint density at radius 1 is 0.914 bits per heavy atom. The normalized spacial score (nSPS) is 9.03. The Morgan fingerprint density at radius 3 is 2.11 bits per heavy atom. The summed E-state index contributed by atoms with van der Waals surface area (Å²) < 4.78 is 20.7. The van der Waals surface area contributed by atoms with Crippen LogP contribution in [0.2, 0.25) is 0 Å². The van der Waals surface area contributed by atoms with Crippen LogP contribution in [0.3, 0.4) is 0 Å². The zero-order valence-electron chi connectivity index (χ0n) is 21.5. The molecule has 0 amide bonds. The average molecular weight is 502 g/mol. The van der Waals surface area contributed by atoms with E-state index in [1.54, 1.807) is 19.2 Å². The quantitative estimate of drug-likeness (QED) is 0.140. The molecule has 3 rings (SSSR count). The molecule has 3 aromatic rings. The molecule has 3 aromatic carbocycles. The SMILES string of the molecule is C=C(C)C.COc1ccc(COc2cc[c-]cc2C)cc1.O=COCCCOc1cc[c-]cc1.[K+]. The third-order valence-corrected chi connectivity index (χ3v) is 4.00. The van der Waals surface area contributed by atoms with Crippen molar-refractivity contribution in [3.8, 4) is 17.2 Å². The molecule has 0 radical (unpaired) electrons. The van der Waals surface area contributed by atoms with Gasteiger partial charge in [0.05, 0.1) is 20.3 Å². The van der Waals surface area contributed by atoms with Crippen molar-refractivity contribution in [3.63, 3.8) is 0 Å². The summed E-state index contributed by atoms with van der Waals surface area (Å²) >= 11 is 0. The van der Waals surface area contributed by atoms with E-state index in [1.165, 1.54) is 5.57 Å². The molecule has 0 saturated heterocycles. The molecule has 0 unspecified atom stereocenters. The maximum Gasteiger partial charge on any atom is 1.00 e. The minimum atomic E-state index is 0. The first-order chi connectivity index (χ1) is 16.5. The minimum Gasteiger partial charge on any atom is -0.519 e. The molecule has 0 heterocycles. The predicted molar refractivity (Wildman–Crippen MR) is 135 cm³/mol. The van der Waals surface area contributed by atoms with Gasteiger partial charge in [0.2, 0.25) is 0 Å². The molecule has 0 aliphatic carbocycles. The summed E-state index contributed by atoms with van der Waals surface area (Å²) in [4.78, 5) is 9.77. The maximum absolute atomic E-state index is 9.77. The van der Waals surface area contributed by atoms with Crippen LogP contribution in [0.5, 0.6) is 17.2 Å². The van der Waals surface area contributed by atoms with Crippen LogP contribution in [-0.2, 0) is 16.1 Å². The Hall–Kier alpha value is -2.09. The molecule has 6 heteroatoms. The number of carbonyl (C=O) groups excluding carboxylic acids is 1. The van der Waals surface area contributed by atoms with Gasteiger partial charge in [0.25, 0.3) is 6.47 Å². The average Bonchev–Trinajstić information content (AvgIpc) is 2.84. The number of hydrogen-bond acceptors (Lipinski definition) is 5. The molecule has 5 nitrogen and oxygen atoms in total. The number of carbonyl (C=O) groups is 1. The second-order valence-corrected chi connectivity index (χ2v) is 7.44. The topological polar surface area (TPSA) is 54.0 Å². The summed E-state index contributed by atoms with van der Waals surface area (Å²) in [5.41, 5.74) is 3.39. The minimum absolute atomic E-state index is 0. The molecular weight excluding hydrogens is 467 g/mol. The van der Waals surface area contributed by atoms with Crippen molar-refractivity contribution >= 4 is 6.47 Å². The molecule has 0 fully saturated rings. The third-order valence-electron chi connectivity index (χ3n) is 4.00. The summed E-state index contributed by atoms with van der Waals surface area (Å²) in [6.07, 6.45) is 0.706. The van der Waals surface area contributed by atoms with Crippen molar-refractivity contribution in [2.75, 3.05) is 20.3 Å². The van der Waals surface area contributed by atoms with Crippen LogP contribution in [-0.4, -0.2) is 26.8 Å². The van der Waals surface area contributed by atoms with Crippen LogP contribution in [0.4, 0.5) is 0 Å². The second-order valence-electron chi connectivity index (χ2n) is 7.44. The van der Waals surface area contributed by atoms with E-state index < -0.39 is 0 Å². The van der Waals surface area contributed by atoms with Crippen molar-refractivity contribution in [2.45, 2.75) is 33.8 Å². The maximum atomic E-state index is 9.77. The van der Waals surface area contributed by atoms with Crippen molar-refractivity contribution in [3.05, 3.63) is 102 Å². The van der Waals surface area contributed by atoms with Gasteiger partial charge in [-0.05, 0) is 31.5 Å².